The SMILES string of the molecule is CN(Cc1cc(C#N)ccc1F)CC1CCN(CCO)CC1. The molecule has 2 rings (SSSR count). The number of likely N-dealkylation sites (tertiary alicyclic amines) is 1. The van der Waals surface area contributed by atoms with Crippen LogP contribution in [0.15, 0.2) is 18.2 Å². The van der Waals surface area contributed by atoms with Gasteiger partial charge in [0.1, 0.15) is 5.82 Å². The van der Waals surface area contributed by atoms with Crippen LogP contribution in [0, 0.1) is 23.1 Å². The van der Waals surface area contributed by atoms with Crippen molar-refractivity contribution in [1.29, 1.82) is 5.26 Å². The summed E-state index contributed by atoms with van der Waals surface area (Å²) >= 11 is 0. The zero-order chi connectivity index (χ0) is 15.9. The second kappa shape index (κ2) is 8.23. The van der Waals surface area contributed by atoms with Gasteiger partial charge in [-0.25, -0.2) is 4.39 Å². The van der Waals surface area contributed by atoms with E-state index in [2.05, 4.69) is 15.9 Å². The molecular formula is C17H24FN3O. The number of nitrogens with zero attached hydrogens (tertiary/aromatic N) is 3. The van der Waals surface area contributed by atoms with Crippen LogP contribution < -0.4 is 0 Å². The summed E-state index contributed by atoms with van der Waals surface area (Å²) in [5, 5.41) is 17.9. The molecule has 1 aromatic carbocycles. The number of hydrogen-bond acceptors (Lipinski definition) is 4. The first-order chi connectivity index (χ1) is 10.6. The van der Waals surface area contributed by atoms with E-state index in [1.54, 1.807) is 6.07 Å². The predicted molar refractivity (Wildman–Crippen MR) is 83.7 cm³/mol. The van der Waals surface area contributed by atoms with Gasteiger partial charge in [0.25, 0.3) is 0 Å². The summed E-state index contributed by atoms with van der Waals surface area (Å²) in [5.41, 5.74) is 1.08. The van der Waals surface area contributed by atoms with Crippen molar-refractivity contribution in [3.05, 3.63) is 35.1 Å². The Labute approximate surface area is 131 Å². The number of β-amino-alcohol motifs (C(OH)–C–C–N with tert-alkyl or cyclic N) is 1. The highest BCUT2D eigenvalue weighted by molar-refractivity contribution is 5.33. The first kappa shape index (κ1) is 16.9. The lowest BCUT2D eigenvalue weighted by molar-refractivity contribution is 0.129. The fraction of sp³-hybridized carbons (Fsp3) is 0.588. The van der Waals surface area contributed by atoms with Gasteiger partial charge in [-0.05, 0) is 57.1 Å². The molecule has 1 aliphatic rings. The number of aliphatic hydroxyl groups excluding tert-OH is 1. The molecule has 0 aromatic heterocycles. The van der Waals surface area contributed by atoms with Crippen LogP contribution >= 0.6 is 0 Å². The highest BCUT2D eigenvalue weighted by Crippen LogP contribution is 2.19. The molecule has 0 aliphatic carbocycles. The Hall–Kier alpha value is -1.48. The maximum absolute atomic E-state index is 13.8. The fourth-order valence-corrected chi connectivity index (χ4v) is 3.10. The zero-order valence-electron chi connectivity index (χ0n) is 13.1. The standard InChI is InChI=1S/C17H24FN3O/c1-20(12-14-4-6-21(7-5-14)8-9-22)13-16-10-15(11-19)2-3-17(16)18/h2-3,10,14,22H,4-9,12-13H2,1H3. The zero-order valence-corrected chi connectivity index (χ0v) is 13.1. The van der Waals surface area contributed by atoms with E-state index in [0.717, 1.165) is 39.0 Å². The van der Waals surface area contributed by atoms with Crippen LogP contribution in [0.2, 0.25) is 0 Å². The number of aliphatic hydroxyl groups is 1. The van der Waals surface area contributed by atoms with Gasteiger partial charge >= 0.3 is 0 Å². The van der Waals surface area contributed by atoms with Gasteiger partial charge in [-0.15, -0.1) is 0 Å². The Morgan fingerprint density at radius 2 is 2.14 bits per heavy atom. The monoisotopic (exact) mass is 305 g/mol. The van der Waals surface area contributed by atoms with E-state index in [1.807, 2.05) is 7.05 Å². The van der Waals surface area contributed by atoms with Crippen LogP contribution in [0.5, 0.6) is 0 Å². The highest BCUT2D eigenvalue weighted by Gasteiger charge is 2.20. The molecule has 5 heteroatoms. The van der Waals surface area contributed by atoms with Crippen molar-refractivity contribution in [2.75, 3.05) is 39.8 Å². The van der Waals surface area contributed by atoms with Gasteiger partial charge in [0, 0.05) is 25.2 Å². The Morgan fingerprint density at radius 1 is 1.41 bits per heavy atom. The molecular weight excluding hydrogens is 281 g/mol. The average molecular weight is 305 g/mol. The number of rotatable bonds is 6. The third kappa shape index (κ3) is 4.77. The van der Waals surface area contributed by atoms with Crippen LogP contribution in [-0.4, -0.2) is 54.7 Å². The normalized spacial score (nSPS) is 16.9. The average Bonchev–Trinajstić information content (AvgIpc) is 2.51. The number of piperidine rings is 1. The Morgan fingerprint density at radius 3 is 2.77 bits per heavy atom. The Balaban J connectivity index is 1.84. The van der Waals surface area contributed by atoms with Crippen LogP contribution in [0.25, 0.3) is 0 Å². The number of hydrogen-bond donors (Lipinski definition) is 1. The van der Waals surface area contributed by atoms with Crippen LogP contribution in [-0.2, 0) is 6.54 Å². The molecule has 0 saturated carbocycles. The molecule has 0 spiro atoms. The minimum atomic E-state index is -0.247. The molecule has 0 atom stereocenters. The summed E-state index contributed by atoms with van der Waals surface area (Å²) in [5.74, 6) is 0.366. The van der Waals surface area contributed by atoms with Crippen molar-refractivity contribution in [1.82, 2.24) is 9.80 Å². The van der Waals surface area contributed by atoms with E-state index in [-0.39, 0.29) is 12.4 Å². The molecule has 4 nitrogen and oxygen atoms in total. The van der Waals surface area contributed by atoms with Crippen molar-refractivity contribution in [2.45, 2.75) is 19.4 Å². The van der Waals surface area contributed by atoms with Crippen molar-refractivity contribution in [3.63, 3.8) is 0 Å². The van der Waals surface area contributed by atoms with Crippen molar-refractivity contribution in [3.8, 4) is 6.07 Å². The molecule has 120 valence electrons. The van der Waals surface area contributed by atoms with Crippen molar-refractivity contribution in [2.24, 2.45) is 5.92 Å². The van der Waals surface area contributed by atoms with Gasteiger partial charge < -0.3 is 14.9 Å². The molecule has 1 N–H and O–H groups in total. The summed E-state index contributed by atoms with van der Waals surface area (Å²) in [6.07, 6.45) is 2.23. The minimum absolute atomic E-state index is 0.221. The molecule has 0 radical (unpaired) electrons. The van der Waals surface area contributed by atoms with Crippen LogP contribution in [0.3, 0.4) is 0 Å². The molecule has 1 heterocycles. The second-order valence-electron chi connectivity index (χ2n) is 6.12. The van der Waals surface area contributed by atoms with Crippen LogP contribution in [0.4, 0.5) is 4.39 Å². The van der Waals surface area contributed by atoms with Gasteiger partial charge in [0.05, 0.1) is 18.2 Å². The summed E-state index contributed by atoms with van der Waals surface area (Å²) < 4.78 is 13.8. The van der Waals surface area contributed by atoms with Crippen molar-refractivity contribution >= 4 is 0 Å². The van der Waals surface area contributed by atoms with E-state index in [9.17, 15) is 4.39 Å². The Kier molecular flexibility index (Phi) is 6.32. The van der Waals surface area contributed by atoms with Gasteiger partial charge in [-0.2, -0.15) is 5.26 Å². The van der Waals surface area contributed by atoms with Crippen LogP contribution in [0.1, 0.15) is 24.0 Å². The van der Waals surface area contributed by atoms with Gasteiger partial charge in [0.2, 0.25) is 0 Å². The summed E-state index contributed by atoms with van der Waals surface area (Å²) in [7, 11) is 2.00. The maximum Gasteiger partial charge on any atom is 0.127 e. The fourth-order valence-electron chi connectivity index (χ4n) is 3.10. The first-order valence-corrected chi connectivity index (χ1v) is 7.82. The molecule has 0 amide bonds. The molecule has 1 aromatic rings. The number of halogens is 1. The molecule has 1 aliphatic heterocycles. The maximum atomic E-state index is 13.8. The molecule has 0 unspecified atom stereocenters. The molecule has 1 fully saturated rings. The number of benzene rings is 1. The lowest BCUT2D eigenvalue weighted by Crippen LogP contribution is -2.38. The van der Waals surface area contributed by atoms with E-state index in [1.165, 1.54) is 12.1 Å². The van der Waals surface area contributed by atoms with E-state index >= 15 is 0 Å². The van der Waals surface area contributed by atoms with Gasteiger partial charge in [0.15, 0.2) is 0 Å². The smallest absolute Gasteiger partial charge is 0.127 e. The highest BCUT2D eigenvalue weighted by atomic mass is 19.1. The third-order valence-corrected chi connectivity index (χ3v) is 4.31. The molecule has 22 heavy (non-hydrogen) atoms. The molecule has 1 saturated heterocycles. The first-order valence-electron chi connectivity index (χ1n) is 7.82. The lowest BCUT2D eigenvalue weighted by atomic mass is 9.96. The van der Waals surface area contributed by atoms with E-state index in [0.29, 0.717) is 23.6 Å². The second-order valence-corrected chi connectivity index (χ2v) is 6.12. The predicted octanol–water partition coefficient (Wildman–Crippen LogP) is 1.83. The summed E-state index contributed by atoms with van der Waals surface area (Å²) in [4.78, 5) is 4.42. The van der Waals surface area contributed by atoms with Crippen molar-refractivity contribution < 1.29 is 9.50 Å². The Bertz CT molecular complexity index is 521. The quantitative estimate of drug-likeness (QED) is 0.871. The summed E-state index contributed by atoms with van der Waals surface area (Å²) in [6.45, 7) is 4.49. The minimum Gasteiger partial charge on any atom is -0.395 e. The topological polar surface area (TPSA) is 50.5 Å². The van der Waals surface area contributed by atoms with E-state index < -0.39 is 0 Å². The summed E-state index contributed by atoms with van der Waals surface area (Å²) in [6, 6.07) is 6.57. The number of nitriles is 1. The lowest BCUT2D eigenvalue weighted by Gasteiger charge is -2.33. The van der Waals surface area contributed by atoms with E-state index in [4.69, 9.17) is 10.4 Å². The third-order valence-electron chi connectivity index (χ3n) is 4.31. The largest absolute Gasteiger partial charge is 0.395 e. The molecule has 0 bridgehead atoms. The van der Waals surface area contributed by atoms with Gasteiger partial charge in [-0.1, -0.05) is 0 Å². The van der Waals surface area contributed by atoms with Gasteiger partial charge in [-0.3, -0.25) is 0 Å².